The SMILES string of the molecule is CO/C(=C/C(CCCCC(P)[C@@H]1CCN(C(C(=O)O)c2cc(P)ccc2COC2CCOCC2)C1)=C(C)C)C1=C(I)N(I)CCC1. The molecule has 46 heavy (non-hydrogen) atoms. The van der Waals surface area contributed by atoms with Crippen molar-refractivity contribution in [2.24, 2.45) is 5.92 Å². The van der Waals surface area contributed by atoms with Gasteiger partial charge in [-0.2, -0.15) is 0 Å². The Bertz CT molecular complexity index is 1280. The predicted molar refractivity (Wildman–Crippen MR) is 211 cm³/mol. The van der Waals surface area contributed by atoms with Gasteiger partial charge in [0.1, 0.15) is 11.8 Å². The summed E-state index contributed by atoms with van der Waals surface area (Å²) in [5.41, 5.74) is 6.30. The van der Waals surface area contributed by atoms with Gasteiger partial charge in [0.25, 0.3) is 0 Å². The first kappa shape index (κ1) is 38.5. The predicted octanol–water partition coefficient (Wildman–Crippen LogP) is 8.09. The van der Waals surface area contributed by atoms with Crippen LogP contribution in [0.3, 0.4) is 0 Å². The minimum absolute atomic E-state index is 0.167. The molecule has 3 aliphatic heterocycles. The lowest BCUT2D eigenvalue weighted by molar-refractivity contribution is -0.143. The topological polar surface area (TPSA) is 71.5 Å². The van der Waals surface area contributed by atoms with E-state index >= 15 is 0 Å². The van der Waals surface area contributed by atoms with E-state index in [9.17, 15) is 9.90 Å². The fourth-order valence-corrected chi connectivity index (χ4v) is 8.96. The highest BCUT2D eigenvalue weighted by Crippen LogP contribution is 2.37. The van der Waals surface area contributed by atoms with Gasteiger partial charge in [0, 0.05) is 31.9 Å². The molecule has 2 saturated heterocycles. The van der Waals surface area contributed by atoms with Crippen molar-refractivity contribution in [1.29, 1.82) is 0 Å². The standard InChI is InChI=1S/C35H52I2N2O5P2/c1-23(2)24(19-31(42-3)29-8-6-15-39(37)34(29)36)7-4-5-9-32(46)25-12-16-38(21-25)33(35(40)41)30-20-28(45)11-10-26(30)22-44-27-13-17-43-18-14-27/h10-11,19-20,25,27,32-33H,4-9,12-18,21-22,45-46H2,1-3H3,(H,40,41)/b31-19+/t25-,32?,33?/m1/s1. The zero-order valence-electron chi connectivity index (χ0n) is 27.6. The number of carboxylic acid groups (broad SMARTS) is 1. The lowest BCUT2D eigenvalue weighted by atomic mass is 9.96. The van der Waals surface area contributed by atoms with Crippen molar-refractivity contribution >= 4 is 75.2 Å². The van der Waals surface area contributed by atoms with Gasteiger partial charge in [-0.05, 0) is 140 Å². The number of halogens is 2. The molecule has 0 amide bonds. The van der Waals surface area contributed by atoms with Gasteiger partial charge < -0.3 is 22.4 Å². The molecule has 5 atom stereocenters. The summed E-state index contributed by atoms with van der Waals surface area (Å²) in [5.74, 6) is 0.675. The summed E-state index contributed by atoms with van der Waals surface area (Å²) < 4.78 is 21.2. The highest BCUT2D eigenvalue weighted by atomic mass is 127. The molecule has 2 fully saturated rings. The number of benzene rings is 1. The molecule has 0 bridgehead atoms. The van der Waals surface area contributed by atoms with E-state index in [1.807, 2.05) is 18.2 Å². The molecule has 0 spiro atoms. The number of hydrogen-bond donors (Lipinski definition) is 1. The second-order valence-electron chi connectivity index (χ2n) is 13.0. The van der Waals surface area contributed by atoms with Crippen LogP contribution in [0.15, 0.2) is 50.5 Å². The zero-order chi connectivity index (χ0) is 33.2. The van der Waals surface area contributed by atoms with Gasteiger partial charge >= 0.3 is 5.97 Å². The van der Waals surface area contributed by atoms with Crippen molar-refractivity contribution in [3.8, 4) is 0 Å². The average Bonchev–Trinajstić information content (AvgIpc) is 3.52. The molecule has 1 aromatic rings. The Morgan fingerprint density at radius 2 is 1.96 bits per heavy atom. The van der Waals surface area contributed by atoms with E-state index < -0.39 is 12.0 Å². The third kappa shape index (κ3) is 10.9. The molecular weight excluding hydrogens is 844 g/mol. The number of methoxy groups -OCH3 is 1. The molecule has 256 valence electrons. The van der Waals surface area contributed by atoms with E-state index in [4.69, 9.17) is 14.2 Å². The molecule has 0 radical (unpaired) electrons. The number of hydrogen-bond acceptors (Lipinski definition) is 6. The second-order valence-corrected chi connectivity index (χ2v) is 16.7. The van der Waals surface area contributed by atoms with Crippen molar-refractivity contribution in [3.63, 3.8) is 0 Å². The monoisotopic (exact) mass is 896 g/mol. The van der Waals surface area contributed by atoms with E-state index in [0.29, 0.717) is 18.2 Å². The summed E-state index contributed by atoms with van der Waals surface area (Å²) >= 11 is 4.85. The van der Waals surface area contributed by atoms with Crippen LogP contribution in [0.1, 0.15) is 88.8 Å². The van der Waals surface area contributed by atoms with Crippen LogP contribution >= 0.6 is 63.9 Å². The Hall–Kier alpha value is -0.290. The number of ether oxygens (including phenoxy) is 3. The van der Waals surface area contributed by atoms with E-state index in [1.165, 1.54) is 20.4 Å². The third-order valence-corrected chi connectivity index (χ3v) is 13.9. The largest absolute Gasteiger partial charge is 0.496 e. The van der Waals surface area contributed by atoms with Crippen molar-refractivity contribution in [2.45, 2.75) is 96.0 Å². The van der Waals surface area contributed by atoms with Crippen LogP contribution in [-0.2, 0) is 25.6 Å². The second kappa shape index (κ2) is 19.2. The van der Waals surface area contributed by atoms with Crippen molar-refractivity contribution < 1.29 is 24.1 Å². The molecule has 3 heterocycles. The summed E-state index contributed by atoms with van der Waals surface area (Å²) in [7, 11) is 7.61. The Morgan fingerprint density at radius 3 is 2.65 bits per heavy atom. The molecule has 1 aromatic carbocycles. The maximum atomic E-state index is 12.8. The normalized spacial score (nSPS) is 21.4. The van der Waals surface area contributed by atoms with E-state index in [-0.39, 0.29) is 6.10 Å². The number of nitrogens with zero attached hydrogens (tertiary/aromatic N) is 2. The molecule has 4 unspecified atom stereocenters. The van der Waals surface area contributed by atoms with Crippen LogP contribution < -0.4 is 5.30 Å². The molecule has 0 saturated carbocycles. The first-order valence-electron chi connectivity index (χ1n) is 16.6. The average molecular weight is 897 g/mol. The van der Waals surface area contributed by atoms with Gasteiger partial charge in [0.15, 0.2) is 0 Å². The zero-order valence-corrected chi connectivity index (χ0v) is 34.2. The van der Waals surface area contributed by atoms with Gasteiger partial charge in [-0.25, -0.2) is 0 Å². The Balaban J connectivity index is 1.33. The number of likely N-dealkylation sites (tertiary alicyclic amines) is 1. The highest BCUT2D eigenvalue weighted by molar-refractivity contribution is 14.1. The number of allylic oxidation sites excluding steroid dienone is 4. The van der Waals surface area contributed by atoms with Crippen LogP contribution in [0.5, 0.6) is 0 Å². The summed E-state index contributed by atoms with van der Waals surface area (Å²) in [4.78, 5) is 14.9. The molecule has 1 N–H and O–H groups in total. The fraction of sp³-hybridized carbons (Fsp3) is 0.629. The number of carboxylic acids is 1. The maximum absolute atomic E-state index is 12.8. The fourth-order valence-electron chi connectivity index (χ4n) is 6.73. The Morgan fingerprint density at radius 1 is 1.20 bits per heavy atom. The van der Waals surface area contributed by atoms with Gasteiger partial charge in [-0.1, -0.05) is 24.1 Å². The summed E-state index contributed by atoms with van der Waals surface area (Å²) in [5, 5.41) is 11.5. The van der Waals surface area contributed by atoms with E-state index in [2.05, 4.69) is 91.9 Å². The molecule has 4 rings (SSSR count). The van der Waals surface area contributed by atoms with E-state index in [0.717, 1.165) is 113 Å². The minimum Gasteiger partial charge on any atom is -0.496 e. The van der Waals surface area contributed by atoms with Crippen molar-refractivity contribution in [2.75, 3.05) is 40.0 Å². The van der Waals surface area contributed by atoms with Crippen LogP contribution in [-0.4, -0.2) is 70.8 Å². The number of carbonyl (C=O) groups is 1. The molecule has 11 heteroatoms. The molecule has 0 aliphatic carbocycles. The molecule has 3 aliphatic rings. The van der Waals surface area contributed by atoms with E-state index in [1.54, 1.807) is 7.11 Å². The third-order valence-electron chi connectivity index (χ3n) is 9.51. The highest BCUT2D eigenvalue weighted by Gasteiger charge is 2.36. The van der Waals surface area contributed by atoms with Crippen LogP contribution in [0.4, 0.5) is 0 Å². The lowest BCUT2D eigenvalue weighted by Crippen LogP contribution is -2.34. The van der Waals surface area contributed by atoms with Gasteiger partial charge in [0.05, 0.1) is 46.4 Å². The molecular formula is C35H52I2N2O5P2. The van der Waals surface area contributed by atoms with Crippen LogP contribution in [0.2, 0.25) is 0 Å². The summed E-state index contributed by atoms with van der Waals surface area (Å²) in [6.45, 7) is 8.95. The van der Waals surface area contributed by atoms with Gasteiger partial charge in [-0.15, -0.1) is 18.5 Å². The van der Waals surface area contributed by atoms with Crippen LogP contribution in [0, 0.1) is 5.92 Å². The van der Waals surface area contributed by atoms with Crippen molar-refractivity contribution in [3.05, 3.63) is 61.6 Å². The Labute approximate surface area is 308 Å². The summed E-state index contributed by atoms with van der Waals surface area (Å²) in [6, 6.07) is 5.42. The Kier molecular flexibility index (Phi) is 16.1. The maximum Gasteiger partial charge on any atom is 0.325 e. The van der Waals surface area contributed by atoms with Gasteiger partial charge in [-0.3, -0.25) is 9.69 Å². The number of aliphatic carboxylic acids is 1. The molecule has 7 nitrogen and oxygen atoms in total. The first-order chi connectivity index (χ1) is 22.1. The summed E-state index contributed by atoms with van der Waals surface area (Å²) in [6.07, 6.45) is 11.9. The lowest BCUT2D eigenvalue weighted by Gasteiger charge is -2.28. The smallest absolute Gasteiger partial charge is 0.325 e. The quantitative estimate of drug-likeness (QED) is 0.0363. The van der Waals surface area contributed by atoms with Gasteiger partial charge in [0.2, 0.25) is 0 Å². The molecule has 0 aromatic heterocycles. The van der Waals surface area contributed by atoms with Crippen LogP contribution in [0.25, 0.3) is 0 Å². The minimum atomic E-state index is -0.786. The number of unbranched alkanes of at least 4 members (excludes halogenated alkanes) is 1. The number of rotatable bonds is 15. The first-order valence-corrected chi connectivity index (χ1v) is 19.9. The van der Waals surface area contributed by atoms with Crippen molar-refractivity contribution in [1.82, 2.24) is 8.01 Å².